The Morgan fingerprint density at radius 3 is 2.67 bits per heavy atom. The van der Waals surface area contributed by atoms with Gasteiger partial charge in [0.1, 0.15) is 0 Å². The second kappa shape index (κ2) is 7.92. The zero-order valence-corrected chi connectivity index (χ0v) is 15.2. The van der Waals surface area contributed by atoms with Crippen molar-refractivity contribution in [3.05, 3.63) is 56.6 Å². The van der Waals surface area contributed by atoms with Crippen molar-refractivity contribution >= 4 is 31.9 Å². The Labute approximate surface area is 142 Å². The normalized spacial score (nSPS) is 10.9. The zero-order chi connectivity index (χ0) is 15.2. The van der Waals surface area contributed by atoms with Gasteiger partial charge in [0.05, 0.1) is 6.10 Å². The Morgan fingerprint density at radius 1 is 1.14 bits per heavy atom. The molecule has 112 valence electrons. The summed E-state index contributed by atoms with van der Waals surface area (Å²) in [6.07, 6.45) is 1.88. The fourth-order valence-electron chi connectivity index (χ4n) is 1.88. The zero-order valence-electron chi connectivity index (χ0n) is 12.1. The molecule has 0 aliphatic rings. The van der Waals surface area contributed by atoms with Crippen molar-refractivity contribution in [3.63, 3.8) is 0 Å². The molecule has 1 N–H and O–H groups in total. The molecule has 1 aromatic heterocycles. The van der Waals surface area contributed by atoms with Crippen molar-refractivity contribution < 1.29 is 4.74 Å². The lowest BCUT2D eigenvalue weighted by Crippen LogP contribution is -2.15. The third-order valence-corrected chi connectivity index (χ3v) is 4.71. The highest BCUT2D eigenvalue weighted by atomic mass is 79.9. The Bertz CT molecular complexity index is 603. The van der Waals surface area contributed by atoms with Crippen LogP contribution in [-0.4, -0.2) is 11.1 Å². The molecule has 21 heavy (non-hydrogen) atoms. The molecule has 0 aliphatic carbocycles. The minimum atomic E-state index is 0.126. The highest BCUT2D eigenvalue weighted by Crippen LogP contribution is 2.23. The number of pyridine rings is 1. The Morgan fingerprint density at radius 2 is 1.95 bits per heavy atom. The summed E-state index contributed by atoms with van der Waals surface area (Å²) in [5.74, 6) is 0.706. The monoisotopic (exact) mass is 412 g/mol. The summed E-state index contributed by atoms with van der Waals surface area (Å²) in [4.78, 5) is 4.29. The van der Waals surface area contributed by atoms with Crippen LogP contribution in [0.3, 0.4) is 0 Å². The van der Waals surface area contributed by atoms with Crippen LogP contribution in [0.25, 0.3) is 0 Å². The highest BCUT2D eigenvalue weighted by molar-refractivity contribution is 9.13. The fraction of sp³-hybridized carbons (Fsp3) is 0.312. The van der Waals surface area contributed by atoms with Gasteiger partial charge in [-0.2, -0.15) is 0 Å². The fourth-order valence-corrected chi connectivity index (χ4v) is 2.55. The van der Waals surface area contributed by atoms with Crippen molar-refractivity contribution in [3.8, 4) is 5.88 Å². The topological polar surface area (TPSA) is 34.1 Å². The average Bonchev–Trinajstić information content (AvgIpc) is 2.44. The van der Waals surface area contributed by atoms with Gasteiger partial charge < -0.3 is 10.1 Å². The number of benzene rings is 1. The summed E-state index contributed by atoms with van der Waals surface area (Å²) < 4.78 is 7.84. The average molecular weight is 414 g/mol. The molecule has 0 saturated heterocycles. The number of ether oxygens (including phenoxy) is 1. The minimum Gasteiger partial charge on any atom is -0.475 e. The van der Waals surface area contributed by atoms with E-state index in [4.69, 9.17) is 4.74 Å². The van der Waals surface area contributed by atoms with Gasteiger partial charge in [-0.15, -0.1) is 0 Å². The number of hydrogen-bond acceptors (Lipinski definition) is 3. The van der Waals surface area contributed by atoms with E-state index < -0.39 is 0 Å². The molecule has 0 radical (unpaired) electrons. The SMILES string of the molecule is CC(C)Oc1ncccc1CNCc1ccc(Br)c(Br)c1. The summed E-state index contributed by atoms with van der Waals surface area (Å²) in [5, 5.41) is 3.42. The van der Waals surface area contributed by atoms with E-state index in [2.05, 4.69) is 54.3 Å². The third kappa shape index (κ3) is 5.09. The van der Waals surface area contributed by atoms with Crippen molar-refractivity contribution in [2.24, 2.45) is 0 Å². The molecule has 0 bridgehead atoms. The van der Waals surface area contributed by atoms with Gasteiger partial charge in [-0.05, 0) is 69.5 Å². The number of halogens is 2. The lowest BCUT2D eigenvalue weighted by Gasteiger charge is -2.13. The molecule has 1 aromatic carbocycles. The first-order chi connectivity index (χ1) is 10.1. The van der Waals surface area contributed by atoms with E-state index in [1.807, 2.05) is 32.0 Å². The molecular weight excluding hydrogens is 396 g/mol. The number of hydrogen-bond donors (Lipinski definition) is 1. The second-order valence-corrected chi connectivity index (χ2v) is 6.69. The third-order valence-electron chi connectivity index (χ3n) is 2.83. The number of rotatable bonds is 6. The van der Waals surface area contributed by atoms with Crippen LogP contribution in [0.4, 0.5) is 0 Å². The predicted octanol–water partition coefficient (Wildman–Crippen LogP) is 4.68. The summed E-state index contributed by atoms with van der Waals surface area (Å²) in [6.45, 7) is 5.53. The molecule has 0 atom stereocenters. The molecule has 0 amide bonds. The molecule has 5 heteroatoms. The lowest BCUT2D eigenvalue weighted by molar-refractivity contribution is 0.229. The molecule has 3 nitrogen and oxygen atoms in total. The second-order valence-electron chi connectivity index (χ2n) is 4.99. The standard InChI is InChI=1S/C16H18Br2N2O/c1-11(2)21-16-13(4-3-7-20-16)10-19-9-12-5-6-14(17)15(18)8-12/h3-8,11,19H,9-10H2,1-2H3. The largest absolute Gasteiger partial charge is 0.475 e. The predicted molar refractivity (Wildman–Crippen MR) is 92.4 cm³/mol. The minimum absolute atomic E-state index is 0.126. The van der Waals surface area contributed by atoms with Crippen molar-refractivity contribution in [1.29, 1.82) is 0 Å². The van der Waals surface area contributed by atoms with E-state index in [0.717, 1.165) is 27.6 Å². The summed E-state index contributed by atoms with van der Waals surface area (Å²) in [6, 6.07) is 10.2. The molecule has 2 rings (SSSR count). The molecular formula is C16H18Br2N2O. The van der Waals surface area contributed by atoms with Crippen molar-refractivity contribution in [2.75, 3.05) is 0 Å². The van der Waals surface area contributed by atoms with Crippen LogP contribution in [-0.2, 0) is 13.1 Å². The molecule has 2 aromatic rings. The smallest absolute Gasteiger partial charge is 0.218 e. The molecule has 0 aliphatic heterocycles. The maximum Gasteiger partial charge on any atom is 0.218 e. The van der Waals surface area contributed by atoms with Crippen LogP contribution in [0.1, 0.15) is 25.0 Å². The lowest BCUT2D eigenvalue weighted by atomic mass is 10.2. The van der Waals surface area contributed by atoms with Crippen LogP contribution < -0.4 is 10.1 Å². The highest BCUT2D eigenvalue weighted by Gasteiger charge is 2.06. The first-order valence-electron chi connectivity index (χ1n) is 6.81. The number of nitrogens with one attached hydrogen (secondary N) is 1. The van der Waals surface area contributed by atoms with Crippen LogP contribution in [0.2, 0.25) is 0 Å². The Balaban J connectivity index is 1.95. The summed E-state index contributed by atoms with van der Waals surface area (Å²) in [5.41, 5.74) is 2.29. The Hall–Kier alpha value is -0.910. The number of aromatic nitrogens is 1. The van der Waals surface area contributed by atoms with E-state index in [-0.39, 0.29) is 6.10 Å². The van der Waals surface area contributed by atoms with Gasteiger partial charge in [0, 0.05) is 33.8 Å². The maximum absolute atomic E-state index is 5.72. The first-order valence-corrected chi connectivity index (χ1v) is 8.40. The molecule has 1 heterocycles. The van der Waals surface area contributed by atoms with Crippen molar-refractivity contribution in [2.45, 2.75) is 33.0 Å². The van der Waals surface area contributed by atoms with Gasteiger partial charge in [0.2, 0.25) is 5.88 Å². The Kier molecular flexibility index (Phi) is 6.21. The number of nitrogens with zero attached hydrogens (tertiary/aromatic N) is 1. The first kappa shape index (κ1) is 16.5. The van der Waals surface area contributed by atoms with Gasteiger partial charge >= 0.3 is 0 Å². The van der Waals surface area contributed by atoms with Gasteiger partial charge in [0.15, 0.2) is 0 Å². The molecule has 0 unspecified atom stereocenters. The van der Waals surface area contributed by atoms with Crippen LogP contribution in [0.15, 0.2) is 45.5 Å². The van der Waals surface area contributed by atoms with E-state index in [0.29, 0.717) is 5.88 Å². The van der Waals surface area contributed by atoms with E-state index in [9.17, 15) is 0 Å². The molecule has 0 spiro atoms. The molecule has 0 saturated carbocycles. The maximum atomic E-state index is 5.72. The van der Waals surface area contributed by atoms with Crippen LogP contribution in [0.5, 0.6) is 5.88 Å². The van der Waals surface area contributed by atoms with Gasteiger partial charge in [-0.3, -0.25) is 0 Å². The van der Waals surface area contributed by atoms with Crippen LogP contribution >= 0.6 is 31.9 Å². The summed E-state index contributed by atoms with van der Waals surface area (Å²) in [7, 11) is 0. The van der Waals surface area contributed by atoms with E-state index in [1.54, 1.807) is 6.20 Å². The summed E-state index contributed by atoms with van der Waals surface area (Å²) >= 11 is 6.99. The van der Waals surface area contributed by atoms with Crippen LogP contribution in [0, 0.1) is 0 Å². The quantitative estimate of drug-likeness (QED) is 0.746. The van der Waals surface area contributed by atoms with Gasteiger partial charge in [0.25, 0.3) is 0 Å². The van der Waals surface area contributed by atoms with E-state index in [1.165, 1.54) is 5.56 Å². The van der Waals surface area contributed by atoms with E-state index >= 15 is 0 Å². The molecule has 0 fully saturated rings. The van der Waals surface area contributed by atoms with Gasteiger partial charge in [-0.25, -0.2) is 4.98 Å². The van der Waals surface area contributed by atoms with Crippen molar-refractivity contribution in [1.82, 2.24) is 10.3 Å². The van der Waals surface area contributed by atoms with Gasteiger partial charge in [-0.1, -0.05) is 12.1 Å².